The number of rotatable bonds is 10. The van der Waals surface area contributed by atoms with Gasteiger partial charge in [0.25, 0.3) is 0 Å². The summed E-state index contributed by atoms with van der Waals surface area (Å²) in [4.78, 5) is 8.96. The molecule has 0 spiro atoms. The molecule has 2 rings (SSSR count). The van der Waals surface area contributed by atoms with Gasteiger partial charge >= 0.3 is 0 Å². The molecule has 5 heteroatoms. The van der Waals surface area contributed by atoms with Crippen LogP contribution < -0.4 is 0 Å². The highest BCUT2D eigenvalue weighted by molar-refractivity contribution is 8.38. The van der Waals surface area contributed by atoms with E-state index in [1.807, 2.05) is 42.2 Å². The molecule has 1 heterocycles. The zero-order valence-corrected chi connectivity index (χ0v) is 17.8. The topological polar surface area (TPSA) is 25.2 Å². The van der Waals surface area contributed by atoms with Gasteiger partial charge in [0, 0.05) is 22.7 Å². The van der Waals surface area contributed by atoms with Gasteiger partial charge in [-0.1, -0.05) is 86.3 Å². The predicted molar refractivity (Wildman–Crippen MR) is 120 cm³/mol. The average molecular weight is 407 g/mol. The molecule has 0 saturated heterocycles. The summed E-state index contributed by atoms with van der Waals surface area (Å²) in [5, 5.41) is 0.778. The summed E-state index contributed by atoms with van der Waals surface area (Å²) in [6.45, 7) is 2.26. The lowest BCUT2D eigenvalue weighted by Gasteiger charge is -2.07. The van der Waals surface area contributed by atoms with Gasteiger partial charge in [0.05, 0.1) is 11.9 Å². The van der Waals surface area contributed by atoms with Crippen molar-refractivity contribution < 1.29 is 0 Å². The van der Waals surface area contributed by atoms with Crippen LogP contribution in [-0.4, -0.2) is 15.1 Å². The molecule has 0 aliphatic heterocycles. The van der Waals surface area contributed by atoms with Crippen LogP contribution in [0.25, 0.3) is 0 Å². The molecule has 0 saturated carbocycles. The van der Waals surface area contributed by atoms with Crippen molar-refractivity contribution in [1.29, 1.82) is 0 Å². The second-order valence-corrected chi connectivity index (χ2v) is 8.86. The molecule has 26 heavy (non-hydrogen) atoms. The Morgan fingerprint density at radius 2 is 1.77 bits per heavy atom. The van der Waals surface area contributed by atoms with E-state index in [1.165, 1.54) is 44.1 Å². The Balaban J connectivity index is 1.85. The molecule has 0 N–H and O–H groups in total. The molecule has 0 aliphatic rings. The van der Waals surface area contributed by atoms with Crippen molar-refractivity contribution in [2.45, 2.75) is 51.2 Å². The highest BCUT2D eigenvalue weighted by Gasteiger charge is 2.04. The van der Waals surface area contributed by atoms with Crippen LogP contribution in [0.2, 0.25) is 5.02 Å². The van der Waals surface area contributed by atoms with E-state index >= 15 is 0 Å². The lowest BCUT2D eigenvalue weighted by Crippen LogP contribution is -1.92. The Hall–Kier alpha value is -0.970. The second-order valence-electron chi connectivity index (χ2n) is 6.12. The van der Waals surface area contributed by atoms with Crippen LogP contribution in [0.15, 0.2) is 53.8 Å². The van der Waals surface area contributed by atoms with Gasteiger partial charge < -0.3 is 0 Å². The number of thioether (sulfide) groups is 2. The maximum absolute atomic E-state index is 5.97. The summed E-state index contributed by atoms with van der Waals surface area (Å²) in [5.41, 5.74) is 2.18. The SMILES string of the molecule is CCCCCCCCSC(=Nc1cccnc1)SCc1ccc(Cl)cc1. The van der Waals surface area contributed by atoms with Gasteiger partial charge in [-0.05, 0) is 36.2 Å². The molecule has 0 bridgehead atoms. The Kier molecular flexibility index (Phi) is 10.9. The van der Waals surface area contributed by atoms with E-state index < -0.39 is 0 Å². The smallest absolute Gasteiger partial charge is 0.130 e. The van der Waals surface area contributed by atoms with Crippen LogP contribution in [0.5, 0.6) is 0 Å². The highest BCUT2D eigenvalue weighted by Crippen LogP contribution is 2.26. The third kappa shape index (κ3) is 9.11. The molecule has 2 aromatic rings. The van der Waals surface area contributed by atoms with E-state index in [0.29, 0.717) is 0 Å². The molecule has 2 nitrogen and oxygen atoms in total. The lowest BCUT2D eigenvalue weighted by molar-refractivity contribution is 0.627. The number of halogens is 1. The highest BCUT2D eigenvalue weighted by atomic mass is 35.5. The largest absolute Gasteiger partial charge is 0.262 e. The summed E-state index contributed by atoms with van der Waals surface area (Å²) in [7, 11) is 0. The summed E-state index contributed by atoms with van der Waals surface area (Å²) in [5.74, 6) is 2.03. The minimum absolute atomic E-state index is 0.778. The van der Waals surface area contributed by atoms with Gasteiger partial charge in [-0.2, -0.15) is 0 Å². The molecule has 0 unspecified atom stereocenters. The van der Waals surface area contributed by atoms with Gasteiger partial charge in [-0.15, -0.1) is 0 Å². The normalized spacial score (nSPS) is 11.7. The fourth-order valence-electron chi connectivity index (χ4n) is 2.40. The number of aromatic nitrogens is 1. The van der Waals surface area contributed by atoms with Crippen LogP contribution in [0.4, 0.5) is 5.69 Å². The maximum atomic E-state index is 5.97. The fraction of sp³-hybridized carbons (Fsp3) is 0.429. The number of hydrogen-bond donors (Lipinski definition) is 0. The molecular weight excluding hydrogens is 380 g/mol. The first-order valence-corrected chi connectivity index (χ1v) is 11.6. The van der Waals surface area contributed by atoms with Crippen LogP contribution in [0.3, 0.4) is 0 Å². The molecule has 0 amide bonds. The van der Waals surface area contributed by atoms with Crippen molar-refractivity contribution in [3.8, 4) is 0 Å². The number of nitrogens with zero attached hydrogens (tertiary/aromatic N) is 2. The molecule has 0 atom stereocenters. The molecule has 1 aromatic heterocycles. The summed E-state index contributed by atoms with van der Waals surface area (Å²) < 4.78 is 1.11. The van der Waals surface area contributed by atoms with Crippen LogP contribution in [-0.2, 0) is 5.75 Å². The number of benzene rings is 1. The van der Waals surface area contributed by atoms with E-state index in [-0.39, 0.29) is 0 Å². The summed E-state index contributed by atoms with van der Waals surface area (Å²) in [6, 6.07) is 12.0. The fourth-order valence-corrected chi connectivity index (χ4v) is 4.63. The zero-order chi connectivity index (χ0) is 18.5. The van der Waals surface area contributed by atoms with E-state index in [9.17, 15) is 0 Å². The van der Waals surface area contributed by atoms with Crippen molar-refractivity contribution in [3.63, 3.8) is 0 Å². The molecule has 1 aromatic carbocycles. The summed E-state index contributed by atoms with van der Waals surface area (Å²) in [6.07, 6.45) is 11.5. The third-order valence-corrected chi connectivity index (χ3v) is 6.47. The zero-order valence-electron chi connectivity index (χ0n) is 15.4. The van der Waals surface area contributed by atoms with Crippen molar-refractivity contribution in [3.05, 3.63) is 59.4 Å². The lowest BCUT2D eigenvalue weighted by atomic mass is 10.1. The second kappa shape index (κ2) is 13.2. The van der Waals surface area contributed by atoms with Crippen molar-refractivity contribution >= 4 is 45.2 Å². The van der Waals surface area contributed by atoms with Crippen molar-refractivity contribution in [2.24, 2.45) is 4.99 Å². The van der Waals surface area contributed by atoms with Crippen LogP contribution in [0, 0.1) is 0 Å². The van der Waals surface area contributed by atoms with Gasteiger partial charge in [0.1, 0.15) is 4.38 Å². The first-order chi connectivity index (χ1) is 12.8. The first kappa shape index (κ1) is 21.3. The standard InChI is InChI=1S/C21H27ClN2S2/c1-2-3-4-5-6-7-15-25-21(24-20-9-8-14-23-16-20)26-17-18-10-12-19(22)13-11-18/h8-14,16H,2-7,15,17H2,1H3. The monoisotopic (exact) mass is 406 g/mol. The average Bonchev–Trinajstić information content (AvgIpc) is 2.67. The van der Waals surface area contributed by atoms with E-state index in [4.69, 9.17) is 16.6 Å². The Morgan fingerprint density at radius 3 is 2.50 bits per heavy atom. The van der Waals surface area contributed by atoms with Crippen molar-refractivity contribution in [2.75, 3.05) is 5.75 Å². The van der Waals surface area contributed by atoms with E-state index in [2.05, 4.69) is 24.0 Å². The summed E-state index contributed by atoms with van der Waals surface area (Å²) >= 11 is 9.62. The Bertz CT molecular complexity index is 645. The molecule has 0 aliphatic carbocycles. The van der Waals surface area contributed by atoms with Gasteiger partial charge in [-0.25, -0.2) is 4.99 Å². The van der Waals surface area contributed by atoms with Crippen molar-refractivity contribution in [1.82, 2.24) is 4.98 Å². The molecule has 0 fully saturated rings. The number of aliphatic imine (C=N–C) groups is 1. The van der Waals surface area contributed by atoms with Gasteiger partial charge in [0.15, 0.2) is 0 Å². The number of hydrogen-bond acceptors (Lipinski definition) is 4. The first-order valence-electron chi connectivity index (χ1n) is 9.26. The van der Waals surface area contributed by atoms with Gasteiger partial charge in [-0.3, -0.25) is 4.98 Å². The van der Waals surface area contributed by atoms with E-state index in [1.54, 1.807) is 18.0 Å². The quantitative estimate of drug-likeness (QED) is 0.229. The Morgan fingerprint density at radius 1 is 1.00 bits per heavy atom. The minimum Gasteiger partial charge on any atom is -0.262 e. The van der Waals surface area contributed by atoms with E-state index in [0.717, 1.165) is 26.6 Å². The third-order valence-electron chi connectivity index (χ3n) is 3.87. The predicted octanol–water partition coefficient (Wildman–Crippen LogP) is 7.75. The van der Waals surface area contributed by atoms with Crippen LogP contribution >= 0.6 is 35.1 Å². The molecule has 140 valence electrons. The van der Waals surface area contributed by atoms with Crippen LogP contribution in [0.1, 0.15) is 51.0 Å². The van der Waals surface area contributed by atoms with Gasteiger partial charge in [0.2, 0.25) is 0 Å². The molecule has 0 radical (unpaired) electrons. The molecular formula is C21H27ClN2S2. The number of pyridine rings is 1. The Labute approximate surface area is 171 Å². The minimum atomic E-state index is 0.778. The maximum Gasteiger partial charge on any atom is 0.130 e. The number of unbranched alkanes of at least 4 members (excludes halogenated alkanes) is 5.